The van der Waals surface area contributed by atoms with Gasteiger partial charge in [0.05, 0.1) is 19.6 Å². The number of methoxy groups -OCH3 is 2. The maximum atomic E-state index is 12.7. The van der Waals surface area contributed by atoms with Crippen molar-refractivity contribution in [2.45, 2.75) is 13.0 Å². The minimum atomic E-state index is -0.774. The standard InChI is InChI=1S/C22H21N3O6/c1-29-17-9-13-7-8-25(11-14(13)10-18(17)30-2)19(26)12-31-22(28)20-15-5-3-4-6-16(15)21(27)24-23-20/h3-6,9-10H,7-8,11-12H2,1-2H3,(H,24,27). The van der Waals surface area contributed by atoms with E-state index in [9.17, 15) is 14.4 Å². The number of benzene rings is 2. The molecule has 1 N–H and O–H groups in total. The van der Waals surface area contributed by atoms with Crippen molar-refractivity contribution in [3.05, 3.63) is 63.6 Å². The molecule has 4 rings (SSSR count). The van der Waals surface area contributed by atoms with Crippen molar-refractivity contribution in [2.75, 3.05) is 27.4 Å². The van der Waals surface area contributed by atoms with Gasteiger partial charge < -0.3 is 19.1 Å². The van der Waals surface area contributed by atoms with Crippen LogP contribution in [-0.2, 0) is 22.5 Å². The number of esters is 1. The number of fused-ring (bicyclic) bond motifs is 2. The van der Waals surface area contributed by atoms with Crippen LogP contribution in [0, 0.1) is 0 Å². The summed E-state index contributed by atoms with van der Waals surface area (Å²) in [5.74, 6) is 0.153. The van der Waals surface area contributed by atoms with Crippen LogP contribution in [0.5, 0.6) is 11.5 Å². The molecule has 1 amide bonds. The van der Waals surface area contributed by atoms with Gasteiger partial charge in [0.1, 0.15) is 0 Å². The Hall–Kier alpha value is -3.88. The molecule has 0 atom stereocenters. The lowest BCUT2D eigenvalue weighted by Crippen LogP contribution is -2.38. The van der Waals surface area contributed by atoms with Crippen molar-refractivity contribution in [3.8, 4) is 11.5 Å². The van der Waals surface area contributed by atoms with Gasteiger partial charge in [-0.1, -0.05) is 18.2 Å². The molecule has 1 aliphatic rings. The molecule has 0 saturated heterocycles. The van der Waals surface area contributed by atoms with Crippen molar-refractivity contribution in [1.29, 1.82) is 0 Å². The Kier molecular flexibility index (Phi) is 5.57. The topological polar surface area (TPSA) is 111 Å². The van der Waals surface area contributed by atoms with E-state index < -0.39 is 18.1 Å². The van der Waals surface area contributed by atoms with Crippen LogP contribution in [0.25, 0.3) is 10.8 Å². The van der Waals surface area contributed by atoms with Crippen LogP contribution in [-0.4, -0.2) is 54.3 Å². The summed E-state index contributed by atoms with van der Waals surface area (Å²) in [7, 11) is 3.14. The summed E-state index contributed by atoms with van der Waals surface area (Å²) >= 11 is 0. The number of nitrogens with one attached hydrogen (secondary N) is 1. The van der Waals surface area contributed by atoms with Crippen LogP contribution in [0.1, 0.15) is 21.6 Å². The lowest BCUT2D eigenvalue weighted by molar-refractivity contribution is -0.135. The summed E-state index contributed by atoms with van der Waals surface area (Å²) in [5.41, 5.74) is 1.60. The summed E-state index contributed by atoms with van der Waals surface area (Å²) in [4.78, 5) is 38.6. The minimum Gasteiger partial charge on any atom is -0.493 e. The highest BCUT2D eigenvalue weighted by Crippen LogP contribution is 2.33. The molecule has 31 heavy (non-hydrogen) atoms. The lowest BCUT2D eigenvalue weighted by atomic mass is 9.99. The van der Waals surface area contributed by atoms with Gasteiger partial charge in [0, 0.05) is 18.5 Å². The van der Waals surface area contributed by atoms with Gasteiger partial charge in [-0.2, -0.15) is 5.10 Å². The average molecular weight is 423 g/mol. The van der Waals surface area contributed by atoms with Crippen LogP contribution in [0.2, 0.25) is 0 Å². The highest BCUT2D eigenvalue weighted by molar-refractivity contribution is 6.02. The highest BCUT2D eigenvalue weighted by Gasteiger charge is 2.24. The van der Waals surface area contributed by atoms with Gasteiger partial charge in [0.25, 0.3) is 11.5 Å². The maximum Gasteiger partial charge on any atom is 0.359 e. The summed E-state index contributed by atoms with van der Waals surface area (Å²) in [6.45, 7) is 0.460. The Morgan fingerprint density at radius 3 is 2.45 bits per heavy atom. The first-order valence-electron chi connectivity index (χ1n) is 9.68. The molecule has 9 nitrogen and oxygen atoms in total. The molecule has 0 bridgehead atoms. The van der Waals surface area contributed by atoms with Crippen molar-refractivity contribution in [1.82, 2.24) is 15.1 Å². The smallest absolute Gasteiger partial charge is 0.359 e. The van der Waals surface area contributed by atoms with E-state index in [1.54, 1.807) is 43.4 Å². The zero-order chi connectivity index (χ0) is 22.0. The number of rotatable bonds is 5. The molecule has 0 fully saturated rings. The van der Waals surface area contributed by atoms with Gasteiger partial charge in [-0.05, 0) is 35.7 Å². The van der Waals surface area contributed by atoms with Gasteiger partial charge in [-0.3, -0.25) is 9.59 Å². The van der Waals surface area contributed by atoms with Gasteiger partial charge in [0.15, 0.2) is 23.8 Å². The number of carbonyl (C=O) groups excluding carboxylic acids is 2. The molecule has 160 valence electrons. The molecule has 0 aliphatic carbocycles. The Bertz CT molecular complexity index is 1220. The van der Waals surface area contributed by atoms with E-state index in [0.29, 0.717) is 41.8 Å². The largest absolute Gasteiger partial charge is 0.493 e. The zero-order valence-electron chi connectivity index (χ0n) is 17.1. The monoisotopic (exact) mass is 423 g/mol. The number of ether oxygens (including phenoxy) is 3. The second kappa shape index (κ2) is 8.47. The molecular weight excluding hydrogens is 402 g/mol. The van der Waals surface area contributed by atoms with E-state index in [1.165, 1.54) is 0 Å². The molecule has 9 heteroatoms. The molecule has 1 aromatic heterocycles. The first-order chi connectivity index (χ1) is 15.0. The van der Waals surface area contributed by atoms with Gasteiger partial charge in [-0.15, -0.1) is 0 Å². The van der Waals surface area contributed by atoms with Crippen molar-refractivity contribution >= 4 is 22.6 Å². The molecule has 0 spiro atoms. The number of hydrogen-bond donors (Lipinski definition) is 1. The zero-order valence-corrected chi connectivity index (χ0v) is 17.1. The average Bonchev–Trinajstić information content (AvgIpc) is 2.81. The normalized spacial score (nSPS) is 12.9. The van der Waals surface area contributed by atoms with Gasteiger partial charge in [-0.25, -0.2) is 9.89 Å². The number of aromatic amines is 1. The molecule has 2 aromatic carbocycles. The predicted molar refractivity (Wildman–Crippen MR) is 111 cm³/mol. The van der Waals surface area contributed by atoms with Gasteiger partial charge in [0.2, 0.25) is 0 Å². The summed E-state index contributed by atoms with van der Waals surface area (Å²) in [5, 5.41) is 6.78. The predicted octanol–water partition coefficient (Wildman–Crippen LogP) is 1.68. The maximum absolute atomic E-state index is 12.7. The van der Waals surface area contributed by atoms with Gasteiger partial charge >= 0.3 is 5.97 Å². The Labute approximate surface area is 177 Å². The SMILES string of the molecule is COc1cc2c(cc1OC)CN(C(=O)COC(=O)c1n[nH]c(=O)c3ccccc13)CC2. The molecule has 3 aromatic rings. The molecule has 1 aliphatic heterocycles. The van der Waals surface area contributed by atoms with Crippen LogP contribution in [0.4, 0.5) is 0 Å². The molecule has 0 radical (unpaired) electrons. The number of nitrogens with zero attached hydrogens (tertiary/aromatic N) is 2. The van der Waals surface area contributed by atoms with Crippen LogP contribution >= 0.6 is 0 Å². The van der Waals surface area contributed by atoms with E-state index in [1.807, 2.05) is 12.1 Å². The van der Waals surface area contributed by atoms with Crippen LogP contribution in [0.15, 0.2) is 41.2 Å². The summed E-state index contributed by atoms with van der Waals surface area (Å²) < 4.78 is 15.9. The molecule has 2 heterocycles. The number of H-pyrrole nitrogens is 1. The number of aromatic nitrogens is 2. The van der Waals surface area contributed by atoms with E-state index in [0.717, 1.165) is 11.1 Å². The number of amides is 1. The van der Waals surface area contributed by atoms with Crippen molar-refractivity contribution in [3.63, 3.8) is 0 Å². The second-order valence-corrected chi connectivity index (χ2v) is 7.06. The minimum absolute atomic E-state index is 0.0381. The van der Waals surface area contributed by atoms with E-state index in [2.05, 4.69) is 10.2 Å². The fourth-order valence-electron chi connectivity index (χ4n) is 3.65. The Balaban J connectivity index is 1.45. The number of hydrogen-bond acceptors (Lipinski definition) is 7. The second-order valence-electron chi connectivity index (χ2n) is 7.06. The fraction of sp³-hybridized carbons (Fsp3) is 0.273. The van der Waals surface area contributed by atoms with E-state index in [4.69, 9.17) is 14.2 Å². The van der Waals surface area contributed by atoms with E-state index in [-0.39, 0.29) is 11.6 Å². The number of carbonyl (C=O) groups is 2. The van der Waals surface area contributed by atoms with E-state index >= 15 is 0 Å². The third-order valence-corrected chi connectivity index (χ3v) is 5.29. The Morgan fingerprint density at radius 1 is 1.06 bits per heavy atom. The summed E-state index contributed by atoms with van der Waals surface area (Å²) in [6.07, 6.45) is 0.654. The first-order valence-corrected chi connectivity index (χ1v) is 9.68. The quantitative estimate of drug-likeness (QED) is 0.622. The van der Waals surface area contributed by atoms with Crippen LogP contribution < -0.4 is 15.0 Å². The summed E-state index contributed by atoms with van der Waals surface area (Å²) in [6, 6.07) is 10.4. The van der Waals surface area contributed by atoms with Crippen LogP contribution in [0.3, 0.4) is 0 Å². The third kappa shape index (κ3) is 3.94. The Morgan fingerprint density at radius 2 is 1.74 bits per heavy atom. The fourth-order valence-corrected chi connectivity index (χ4v) is 3.65. The lowest BCUT2D eigenvalue weighted by Gasteiger charge is -2.29. The molecular formula is C22H21N3O6. The highest BCUT2D eigenvalue weighted by atomic mass is 16.5. The molecule has 0 unspecified atom stereocenters. The van der Waals surface area contributed by atoms with Crippen molar-refractivity contribution < 1.29 is 23.8 Å². The third-order valence-electron chi connectivity index (χ3n) is 5.29. The van der Waals surface area contributed by atoms with Crippen molar-refractivity contribution in [2.24, 2.45) is 0 Å². The first kappa shape index (κ1) is 20.4. The molecule has 0 saturated carbocycles.